The van der Waals surface area contributed by atoms with Gasteiger partial charge in [-0.05, 0) is 31.4 Å². The lowest BCUT2D eigenvalue weighted by Crippen LogP contribution is -2.49. The van der Waals surface area contributed by atoms with Crippen LogP contribution in [0.4, 0.5) is 0 Å². The van der Waals surface area contributed by atoms with Crippen molar-refractivity contribution in [2.45, 2.75) is 58.2 Å². The van der Waals surface area contributed by atoms with E-state index in [0.29, 0.717) is 24.0 Å². The molecule has 5 nitrogen and oxygen atoms in total. The highest BCUT2D eigenvalue weighted by molar-refractivity contribution is 6.03. The first kappa shape index (κ1) is 15.9. The number of carboxylic acids is 1. The second kappa shape index (κ2) is 5.84. The number of Topliss-reactive ketones (excluding diaryl/α,β-unsaturated/α-hetero) is 1. The van der Waals surface area contributed by atoms with E-state index in [1.54, 1.807) is 13.8 Å². The van der Waals surface area contributed by atoms with Crippen molar-refractivity contribution in [1.29, 1.82) is 0 Å². The van der Waals surface area contributed by atoms with Gasteiger partial charge in [0, 0.05) is 0 Å². The fourth-order valence-corrected chi connectivity index (χ4v) is 2.73. The number of hydrogen-bond donors (Lipinski definition) is 3. The number of rotatable bonds is 6. The molecule has 0 aromatic carbocycles. The first-order valence-electron chi connectivity index (χ1n) is 6.61. The average Bonchev–Trinajstić information content (AvgIpc) is 2.52. The summed E-state index contributed by atoms with van der Waals surface area (Å²) in [7, 11) is 0. The maximum Gasteiger partial charge on any atom is 0.304 e. The maximum absolute atomic E-state index is 12.1. The molecule has 0 saturated heterocycles. The molecule has 19 heavy (non-hydrogen) atoms. The standard InChI is InChI=1S/C14H22O5/c1-4-5-6-11(15)14(19)9(3)8(2)13(18)10(14)7-12(16)17/h10-11,15,19H,4-7H2,1-3H3,(H,16,17)/t10-,11-,14+/m1/s1. The molecule has 5 heteroatoms. The third-order valence-corrected chi connectivity index (χ3v) is 4.10. The summed E-state index contributed by atoms with van der Waals surface area (Å²) in [6, 6.07) is 0. The highest BCUT2D eigenvalue weighted by Crippen LogP contribution is 2.43. The lowest BCUT2D eigenvalue weighted by Gasteiger charge is -2.35. The van der Waals surface area contributed by atoms with E-state index >= 15 is 0 Å². The van der Waals surface area contributed by atoms with Crippen LogP contribution >= 0.6 is 0 Å². The van der Waals surface area contributed by atoms with Crippen molar-refractivity contribution in [3.05, 3.63) is 11.1 Å². The number of carbonyl (C=O) groups excluding carboxylic acids is 1. The van der Waals surface area contributed by atoms with Crippen LogP contribution in [0, 0.1) is 5.92 Å². The average molecular weight is 270 g/mol. The molecule has 0 amide bonds. The van der Waals surface area contributed by atoms with Crippen LogP contribution in [0.25, 0.3) is 0 Å². The molecular weight excluding hydrogens is 248 g/mol. The normalized spacial score (nSPS) is 28.9. The molecule has 0 fully saturated rings. The van der Waals surface area contributed by atoms with E-state index in [2.05, 4.69) is 0 Å². The molecule has 0 radical (unpaired) electrons. The van der Waals surface area contributed by atoms with E-state index in [1.165, 1.54) is 0 Å². The lowest BCUT2D eigenvalue weighted by molar-refractivity contribution is -0.148. The third-order valence-electron chi connectivity index (χ3n) is 4.10. The molecule has 0 aromatic rings. The third kappa shape index (κ3) is 2.72. The number of allylic oxidation sites excluding steroid dienone is 1. The molecule has 0 aliphatic heterocycles. The Morgan fingerprint density at radius 2 is 2.00 bits per heavy atom. The number of aliphatic hydroxyl groups is 2. The van der Waals surface area contributed by atoms with Crippen LogP contribution in [0.1, 0.15) is 46.5 Å². The molecule has 1 aliphatic carbocycles. The highest BCUT2D eigenvalue weighted by Gasteiger charge is 2.54. The van der Waals surface area contributed by atoms with E-state index in [-0.39, 0.29) is 5.78 Å². The zero-order chi connectivity index (χ0) is 14.8. The van der Waals surface area contributed by atoms with Gasteiger partial charge >= 0.3 is 5.97 Å². The molecule has 3 atom stereocenters. The van der Waals surface area contributed by atoms with Crippen LogP contribution in [-0.2, 0) is 9.59 Å². The molecule has 0 unspecified atom stereocenters. The Hall–Kier alpha value is -1.20. The summed E-state index contributed by atoms with van der Waals surface area (Å²) < 4.78 is 0. The van der Waals surface area contributed by atoms with Gasteiger partial charge in [-0.15, -0.1) is 0 Å². The maximum atomic E-state index is 12.1. The minimum atomic E-state index is -1.74. The van der Waals surface area contributed by atoms with Crippen molar-refractivity contribution in [3.8, 4) is 0 Å². The topological polar surface area (TPSA) is 94.8 Å². The molecule has 0 aromatic heterocycles. The van der Waals surface area contributed by atoms with Crippen molar-refractivity contribution in [2.24, 2.45) is 5.92 Å². The van der Waals surface area contributed by atoms with Gasteiger partial charge in [-0.2, -0.15) is 0 Å². The number of carboxylic acid groups (broad SMARTS) is 1. The van der Waals surface area contributed by atoms with Crippen molar-refractivity contribution in [1.82, 2.24) is 0 Å². The lowest BCUT2D eigenvalue weighted by atomic mass is 9.78. The minimum absolute atomic E-state index is 0.348. The Morgan fingerprint density at radius 3 is 2.47 bits per heavy atom. The molecule has 0 spiro atoms. The summed E-state index contributed by atoms with van der Waals surface area (Å²) in [6.45, 7) is 5.11. The van der Waals surface area contributed by atoms with E-state index < -0.39 is 30.0 Å². The second-order valence-corrected chi connectivity index (χ2v) is 5.25. The van der Waals surface area contributed by atoms with Crippen LogP contribution in [-0.4, -0.2) is 38.8 Å². The highest BCUT2D eigenvalue weighted by atomic mass is 16.4. The zero-order valence-electron chi connectivity index (χ0n) is 11.6. The van der Waals surface area contributed by atoms with Gasteiger partial charge in [0.2, 0.25) is 0 Å². The Labute approximate surface area is 112 Å². The second-order valence-electron chi connectivity index (χ2n) is 5.25. The van der Waals surface area contributed by atoms with Gasteiger partial charge in [0.05, 0.1) is 18.4 Å². The number of unbranched alkanes of at least 4 members (excludes halogenated alkanes) is 1. The van der Waals surface area contributed by atoms with Crippen molar-refractivity contribution >= 4 is 11.8 Å². The zero-order valence-corrected chi connectivity index (χ0v) is 11.6. The van der Waals surface area contributed by atoms with E-state index in [0.717, 1.165) is 6.42 Å². The molecule has 0 heterocycles. The van der Waals surface area contributed by atoms with Gasteiger partial charge in [0.15, 0.2) is 5.78 Å². The van der Waals surface area contributed by atoms with Crippen molar-refractivity contribution in [3.63, 3.8) is 0 Å². The predicted octanol–water partition coefficient (Wildman–Crippen LogP) is 1.28. The molecule has 1 aliphatic rings. The fourth-order valence-electron chi connectivity index (χ4n) is 2.73. The summed E-state index contributed by atoms with van der Waals surface area (Å²) in [5.74, 6) is -2.61. The molecular formula is C14H22O5. The number of hydrogen-bond acceptors (Lipinski definition) is 4. The van der Waals surface area contributed by atoms with Gasteiger partial charge < -0.3 is 15.3 Å². The van der Waals surface area contributed by atoms with Crippen LogP contribution in [0.5, 0.6) is 0 Å². The van der Waals surface area contributed by atoms with Crippen LogP contribution in [0.15, 0.2) is 11.1 Å². The first-order valence-corrected chi connectivity index (χ1v) is 6.61. The van der Waals surface area contributed by atoms with Gasteiger partial charge in [-0.1, -0.05) is 19.8 Å². The number of aliphatic carboxylic acids is 1. The molecule has 0 bridgehead atoms. The summed E-state index contributed by atoms with van der Waals surface area (Å²) >= 11 is 0. The van der Waals surface area contributed by atoms with Crippen LogP contribution in [0.3, 0.4) is 0 Å². The molecule has 108 valence electrons. The molecule has 3 N–H and O–H groups in total. The summed E-state index contributed by atoms with van der Waals surface area (Å²) in [6.07, 6.45) is 0.336. The van der Waals surface area contributed by atoms with Gasteiger partial charge in [-0.25, -0.2) is 0 Å². The number of aliphatic hydroxyl groups excluding tert-OH is 1. The number of carbonyl (C=O) groups is 2. The van der Waals surface area contributed by atoms with E-state index in [1.807, 2.05) is 6.92 Å². The van der Waals surface area contributed by atoms with E-state index in [4.69, 9.17) is 5.11 Å². The number of ketones is 1. The Morgan fingerprint density at radius 1 is 1.42 bits per heavy atom. The monoisotopic (exact) mass is 270 g/mol. The largest absolute Gasteiger partial charge is 0.481 e. The Balaban J connectivity index is 3.09. The summed E-state index contributed by atoms with van der Waals surface area (Å²) in [5, 5.41) is 29.8. The van der Waals surface area contributed by atoms with Gasteiger partial charge in [0.1, 0.15) is 5.60 Å². The van der Waals surface area contributed by atoms with E-state index in [9.17, 15) is 19.8 Å². The fraction of sp³-hybridized carbons (Fsp3) is 0.714. The van der Waals surface area contributed by atoms with Gasteiger partial charge in [-0.3, -0.25) is 9.59 Å². The molecule has 1 rings (SSSR count). The smallest absolute Gasteiger partial charge is 0.304 e. The Bertz CT molecular complexity index is 412. The Kier molecular flexibility index (Phi) is 4.87. The van der Waals surface area contributed by atoms with Crippen LogP contribution < -0.4 is 0 Å². The minimum Gasteiger partial charge on any atom is -0.481 e. The molecule has 0 saturated carbocycles. The summed E-state index contributed by atoms with van der Waals surface area (Å²) in [4.78, 5) is 22.9. The van der Waals surface area contributed by atoms with Crippen molar-refractivity contribution < 1.29 is 24.9 Å². The SMILES string of the molecule is CCCC[C@@H](O)[C@]1(O)C(C)=C(C)C(=O)[C@H]1CC(=O)O. The van der Waals surface area contributed by atoms with Crippen molar-refractivity contribution in [2.75, 3.05) is 0 Å². The predicted molar refractivity (Wildman–Crippen MR) is 69.6 cm³/mol. The van der Waals surface area contributed by atoms with Gasteiger partial charge in [0.25, 0.3) is 0 Å². The summed E-state index contributed by atoms with van der Waals surface area (Å²) in [5.41, 5.74) is -0.981. The quantitative estimate of drug-likeness (QED) is 0.675. The first-order chi connectivity index (χ1) is 8.76. The van der Waals surface area contributed by atoms with Crippen LogP contribution in [0.2, 0.25) is 0 Å².